The van der Waals surface area contributed by atoms with Crippen molar-refractivity contribution in [2.45, 2.75) is 6.04 Å². The van der Waals surface area contributed by atoms with Crippen LogP contribution in [0.25, 0.3) is 0 Å². The zero-order valence-corrected chi connectivity index (χ0v) is 8.82. The Morgan fingerprint density at radius 3 is 1.56 bits per heavy atom. The molecule has 0 bridgehead atoms. The lowest BCUT2D eigenvalue weighted by Gasteiger charge is -2.11. The number of benzene rings is 2. The quantitative estimate of drug-likeness (QED) is 0.473. The lowest BCUT2D eigenvalue weighted by Crippen LogP contribution is -1.97. The Morgan fingerprint density at radius 1 is 0.750 bits per heavy atom. The van der Waals surface area contributed by atoms with E-state index in [1.165, 1.54) is 0 Å². The van der Waals surface area contributed by atoms with E-state index in [1.807, 2.05) is 60.7 Å². The van der Waals surface area contributed by atoms with Crippen LogP contribution in [0.15, 0.2) is 71.0 Å². The van der Waals surface area contributed by atoms with Crippen LogP contribution in [0.5, 0.6) is 0 Å². The highest BCUT2D eigenvalue weighted by Gasteiger charge is 2.11. The molecule has 0 saturated heterocycles. The van der Waals surface area contributed by atoms with Crippen molar-refractivity contribution in [1.29, 1.82) is 0 Å². The van der Waals surface area contributed by atoms with Crippen LogP contribution in [0.4, 0.5) is 0 Å². The summed E-state index contributed by atoms with van der Waals surface area (Å²) in [5, 5.41) is 7.48. The summed E-state index contributed by atoms with van der Waals surface area (Å²) in [6.07, 6.45) is 0. The molecule has 0 unspecified atom stereocenters. The number of hydrogen-bond acceptors (Lipinski definition) is 2. The summed E-state index contributed by atoms with van der Waals surface area (Å²) in [6, 6.07) is 19.9. The minimum atomic E-state index is -0.118. The summed E-state index contributed by atoms with van der Waals surface area (Å²) in [5.41, 5.74) is 2.17. The van der Waals surface area contributed by atoms with Crippen molar-refractivity contribution in [1.82, 2.24) is 0 Å². The zero-order chi connectivity index (χ0) is 11.2. The lowest BCUT2D eigenvalue weighted by atomic mass is 10.00. The lowest BCUT2D eigenvalue weighted by molar-refractivity contribution is 0.775. The minimum absolute atomic E-state index is 0.118. The van der Waals surface area contributed by atoms with Gasteiger partial charge in [-0.1, -0.05) is 65.9 Å². The smallest absolute Gasteiger partial charge is 0.123 e. The van der Waals surface area contributed by atoms with Crippen LogP contribution in [0, 0.1) is 0 Å². The van der Waals surface area contributed by atoms with Gasteiger partial charge in [-0.3, -0.25) is 0 Å². The Morgan fingerprint density at radius 2 is 1.19 bits per heavy atom. The van der Waals surface area contributed by atoms with E-state index >= 15 is 0 Å². The van der Waals surface area contributed by atoms with Gasteiger partial charge in [-0.05, 0) is 11.1 Å². The van der Waals surface area contributed by atoms with Crippen molar-refractivity contribution < 1.29 is 0 Å². The van der Waals surface area contributed by atoms with E-state index < -0.39 is 0 Å². The Kier molecular flexibility index (Phi) is 3.28. The second-order valence-corrected chi connectivity index (χ2v) is 3.45. The predicted molar refractivity (Wildman–Crippen MR) is 63.8 cm³/mol. The third-order valence-electron chi connectivity index (χ3n) is 2.41. The molecule has 3 heteroatoms. The topological polar surface area (TPSA) is 50.7 Å². The fraction of sp³-hybridized carbons (Fsp3) is 0.0769. The van der Waals surface area contributed by atoms with E-state index in [2.05, 4.69) is 10.3 Å². The molecule has 0 atom stereocenters. The molecule has 0 spiro atoms. The molecule has 0 radical (unpaired) electrons. The fourth-order valence-corrected chi connectivity index (χ4v) is 1.66. The largest absolute Gasteiger partial charge is 0.305 e. The SMILES string of the molecule is NN=NC(c1ccccc1)c1ccccc1. The maximum atomic E-state index is 5.16. The molecule has 2 rings (SSSR count). The van der Waals surface area contributed by atoms with E-state index in [-0.39, 0.29) is 6.04 Å². The Balaban J connectivity index is 2.39. The Bertz CT molecular complexity index is 412. The third kappa shape index (κ3) is 2.25. The van der Waals surface area contributed by atoms with Crippen LogP contribution < -0.4 is 5.84 Å². The highest BCUT2D eigenvalue weighted by atomic mass is 15.3. The molecule has 0 saturated carbocycles. The summed E-state index contributed by atoms with van der Waals surface area (Å²) in [5.74, 6) is 5.16. The predicted octanol–water partition coefficient (Wildman–Crippen LogP) is 3.10. The van der Waals surface area contributed by atoms with Gasteiger partial charge in [0.15, 0.2) is 0 Å². The Labute approximate surface area is 94.6 Å². The third-order valence-corrected chi connectivity index (χ3v) is 2.41. The van der Waals surface area contributed by atoms with E-state index in [1.54, 1.807) is 0 Å². The molecule has 2 aromatic rings. The van der Waals surface area contributed by atoms with Gasteiger partial charge in [-0.25, -0.2) is 0 Å². The van der Waals surface area contributed by atoms with Gasteiger partial charge >= 0.3 is 0 Å². The molecule has 2 aromatic carbocycles. The molecular formula is C13H13N3. The molecule has 3 nitrogen and oxygen atoms in total. The summed E-state index contributed by atoms with van der Waals surface area (Å²) >= 11 is 0. The fourth-order valence-electron chi connectivity index (χ4n) is 1.66. The monoisotopic (exact) mass is 211 g/mol. The van der Waals surface area contributed by atoms with Crippen molar-refractivity contribution in [3.63, 3.8) is 0 Å². The summed E-state index contributed by atoms with van der Waals surface area (Å²) in [6.45, 7) is 0. The average molecular weight is 211 g/mol. The highest BCUT2D eigenvalue weighted by Crippen LogP contribution is 2.25. The van der Waals surface area contributed by atoms with E-state index in [0.717, 1.165) is 11.1 Å². The molecule has 16 heavy (non-hydrogen) atoms. The normalized spacial score (nSPS) is 11.1. The molecular weight excluding hydrogens is 198 g/mol. The summed E-state index contributed by atoms with van der Waals surface area (Å²) < 4.78 is 0. The Hall–Kier alpha value is -2.16. The van der Waals surface area contributed by atoms with Gasteiger partial charge in [0.2, 0.25) is 0 Å². The maximum Gasteiger partial charge on any atom is 0.123 e. The van der Waals surface area contributed by atoms with Gasteiger partial charge in [0.05, 0.1) is 0 Å². The minimum Gasteiger partial charge on any atom is -0.305 e. The maximum absolute atomic E-state index is 5.16. The highest BCUT2D eigenvalue weighted by molar-refractivity contribution is 5.31. The van der Waals surface area contributed by atoms with Crippen molar-refractivity contribution in [2.75, 3.05) is 0 Å². The van der Waals surface area contributed by atoms with E-state index in [4.69, 9.17) is 5.84 Å². The molecule has 0 fully saturated rings. The van der Waals surface area contributed by atoms with Crippen molar-refractivity contribution in [3.05, 3.63) is 71.8 Å². The van der Waals surface area contributed by atoms with Crippen LogP contribution in [-0.4, -0.2) is 0 Å². The van der Waals surface area contributed by atoms with Crippen LogP contribution in [0.1, 0.15) is 17.2 Å². The van der Waals surface area contributed by atoms with Crippen LogP contribution in [-0.2, 0) is 0 Å². The van der Waals surface area contributed by atoms with E-state index in [9.17, 15) is 0 Å². The molecule has 0 aliphatic rings. The van der Waals surface area contributed by atoms with Gasteiger partial charge in [-0.2, -0.15) is 5.11 Å². The summed E-state index contributed by atoms with van der Waals surface area (Å²) in [7, 11) is 0. The molecule has 0 amide bonds. The zero-order valence-electron chi connectivity index (χ0n) is 8.82. The first kappa shape index (κ1) is 10.4. The van der Waals surface area contributed by atoms with Gasteiger partial charge in [0.25, 0.3) is 0 Å². The second-order valence-electron chi connectivity index (χ2n) is 3.45. The number of hydrogen-bond donors (Lipinski definition) is 1. The van der Waals surface area contributed by atoms with Gasteiger partial charge < -0.3 is 5.84 Å². The number of rotatable bonds is 3. The molecule has 80 valence electrons. The first-order valence-electron chi connectivity index (χ1n) is 5.12. The molecule has 0 aliphatic carbocycles. The van der Waals surface area contributed by atoms with Crippen LogP contribution in [0.3, 0.4) is 0 Å². The first-order valence-corrected chi connectivity index (χ1v) is 5.12. The standard InChI is InChI=1S/C13H13N3/c14-16-15-13(11-7-3-1-4-8-11)12-9-5-2-6-10-12/h1-10,13H,(H2,14,15). The van der Waals surface area contributed by atoms with Crippen LogP contribution >= 0.6 is 0 Å². The van der Waals surface area contributed by atoms with Gasteiger partial charge in [0.1, 0.15) is 6.04 Å². The number of nitrogens with two attached hydrogens (primary N) is 1. The van der Waals surface area contributed by atoms with Crippen LogP contribution in [0.2, 0.25) is 0 Å². The van der Waals surface area contributed by atoms with Crippen molar-refractivity contribution >= 4 is 0 Å². The molecule has 0 aliphatic heterocycles. The van der Waals surface area contributed by atoms with Gasteiger partial charge in [0, 0.05) is 0 Å². The molecule has 0 heterocycles. The van der Waals surface area contributed by atoms with Crippen molar-refractivity contribution in [3.8, 4) is 0 Å². The molecule has 0 aromatic heterocycles. The van der Waals surface area contributed by atoms with Crippen molar-refractivity contribution in [2.24, 2.45) is 16.2 Å². The van der Waals surface area contributed by atoms with E-state index in [0.29, 0.717) is 0 Å². The number of nitrogens with zero attached hydrogens (tertiary/aromatic N) is 2. The summed E-state index contributed by atoms with van der Waals surface area (Å²) in [4.78, 5) is 0. The second kappa shape index (κ2) is 5.07. The average Bonchev–Trinajstić information content (AvgIpc) is 2.38. The molecule has 2 N–H and O–H groups in total. The first-order chi connectivity index (χ1) is 7.92. The van der Waals surface area contributed by atoms with Gasteiger partial charge in [-0.15, -0.1) is 0 Å².